The summed E-state index contributed by atoms with van der Waals surface area (Å²) < 4.78 is 5.46. The van der Waals surface area contributed by atoms with Crippen molar-refractivity contribution in [1.82, 2.24) is 4.90 Å². The summed E-state index contributed by atoms with van der Waals surface area (Å²) in [6.07, 6.45) is 2.52. The zero-order valence-electron chi connectivity index (χ0n) is 13.6. The predicted octanol–water partition coefficient (Wildman–Crippen LogP) is 2.95. The highest BCUT2D eigenvalue weighted by Gasteiger charge is 2.48. The van der Waals surface area contributed by atoms with Gasteiger partial charge in [0.2, 0.25) is 0 Å². The maximum absolute atomic E-state index is 9.86. The van der Waals surface area contributed by atoms with E-state index in [0.29, 0.717) is 17.7 Å². The summed E-state index contributed by atoms with van der Waals surface area (Å²) in [5.41, 5.74) is 2.96. The van der Waals surface area contributed by atoms with Crippen LogP contribution in [0.3, 0.4) is 0 Å². The van der Waals surface area contributed by atoms with Crippen LogP contribution in [-0.4, -0.2) is 42.4 Å². The average molecular weight is 289 g/mol. The summed E-state index contributed by atoms with van der Waals surface area (Å²) in [4.78, 5) is 2.61. The van der Waals surface area contributed by atoms with Crippen molar-refractivity contribution in [2.24, 2.45) is 5.92 Å². The van der Waals surface area contributed by atoms with Crippen LogP contribution >= 0.6 is 0 Å². The molecule has 116 valence electrons. The van der Waals surface area contributed by atoms with Crippen molar-refractivity contribution in [3.8, 4) is 5.75 Å². The summed E-state index contributed by atoms with van der Waals surface area (Å²) in [6.45, 7) is 9.02. The quantitative estimate of drug-likeness (QED) is 0.928. The fourth-order valence-electron chi connectivity index (χ4n) is 4.33. The Bertz CT molecular complexity index is 530. The average Bonchev–Trinajstić information content (AvgIpc) is 2.46. The number of aromatic hydroxyl groups is 1. The van der Waals surface area contributed by atoms with E-state index in [9.17, 15) is 5.11 Å². The van der Waals surface area contributed by atoms with Gasteiger partial charge in [0.1, 0.15) is 5.75 Å². The molecule has 1 fully saturated rings. The molecule has 1 aliphatic carbocycles. The molecule has 0 saturated carbocycles. The number of nitrogens with zero attached hydrogens (tertiary/aromatic N) is 1. The van der Waals surface area contributed by atoms with Gasteiger partial charge in [-0.1, -0.05) is 19.9 Å². The van der Waals surface area contributed by atoms with Crippen molar-refractivity contribution in [3.05, 3.63) is 29.3 Å². The number of likely N-dealkylation sites (tertiary alicyclic amines) is 1. The van der Waals surface area contributed by atoms with Crippen LogP contribution in [-0.2, 0) is 16.6 Å². The van der Waals surface area contributed by atoms with Gasteiger partial charge in [-0.2, -0.15) is 0 Å². The van der Waals surface area contributed by atoms with Gasteiger partial charge < -0.3 is 9.84 Å². The number of rotatable bonds is 3. The molecule has 3 nitrogen and oxygen atoms in total. The molecule has 21 heavy (non-hydrogen) atoms. The SMILES string of the molecule is COC(C)CN1CC[C@@]2(C)c3cc(O)ccc3CC1[C@H]2C. The van der Waals surface area contributed by atoms with Crippen molar-refractivity contribution in [2.45, 2.75) is 51.2 Å². The molecule has 0 radical (unpaired) electrons. The molecule has 1 aromatic carbocycles. The molecule has 4 atom stereocenters. The van der Waals surface area contributed by atoms with Crippen LogP contribution in [0.5, 0.6) is 5.75 Å². The number of hydrogen-bond donors (Lipinski definition) is 1. The zero-order valence-corrected chi connectivity index (χ0v) is 13.6. The summed E-state index contributed by atoms with van der Waals surface area (Å²) in [5, 5.41) is 9.86. The summed E-state index contributed by atoms with van der Waals surface area (Å²) >= 11 is 0. The molecule has 1 saturated heterocycles. The van der Waals surface area contributed by atoms with Gasteiger partial charge in [-0.25, -0.2) is 0 Å². The van der Waals surface area contributed by atoms with Gasteiger partial charge in [0, 0.05) is 19.7 Å². The smallest absolute Gasteiger partial charge is 0.115 e. The molecule has 2 aliphatic rings. The number of methoxy groups -OCH3 is 1. The Hall–Kier alpha value is -1.06. The van der Waals surface area contributed by atoms with Crippen LogP contribution in [0.2, 0.25) is 0 Å². The Labute approximate surface area is 127 Å². The van der Waals surface area contributed by atoms with Crippen LogP contribution in [0, 0.1) is 5.92 Å². The third-order valence-corrected chi connectivity index (χ3v) is 6.00. The number of phenols is 1. The highest BCUT2D eigenvalue weighted by Crippen LogP contribution is 2.49. The van der Waals surface area contributed by atoms with Crippen molar-refractivity contribution in [3.63, 3.8) is 0 Å². The standard InChI is InChI=1S/C18H27NO2/c1-12(21-4)11-19-8-7-18(3)13(2)17(19)9-14-5-6-15(20)10-16(14)18/h5-6,10,12-13,17,20H,7-9,11H2,1-4H3/t12?,13-,17?,18-/m1/s1. The molecule has 2 unspecified atom stereocenters. The molecule has 1 aliphatic heterocycles. The van der Waals surface area contributed by atoms with Crippen LogP contribution < -0.4 is 0 Å². The van der Waals surface area contributed by atoms with Gasteiger partial charge in [-0.3, -0.25) is 4.90 Å². The maximum atomic E-state index is 9.86. The normalized spacial score (nSPS) is 33.5. The second-order valence-electron chi connectivity index (χ2n) is 7.11. The van der Waals surface area contributed by atoms with Gasteiger partial charge in [0.25, 0.3) is 0 Å². The first kappa shape index (κ1) is 14.9. The van der Waals surface area contributed by atoms with Crippen LogP contribution in [0.1, 0.15) is 38.3 Å². The third kappa shape index (κ3) is 2.36. The Morgan fingerprint density at radius 1 is 1.48 bits per heavy atom. The molecule has 3 heteroatoms. The number of hydrogen-bond acceptors (Lipinski definition) is 3. The lowest BCUT2D eigenvalue weighted by atomic mass is 9.59. The molecule has 3 rings (SSSR count). The molecule has 0 aromatic heterocycles. The number of benzene rings is 1. The highest BCUT2D eigenvalue weighted by molar-refractivity contribution is 5.44. The number of phenolic OH excluding ortho intramolecular Hbond substituents is 1. The van der Waals surface area contributed by atoms with Gasteiger partial charge >= 0.3 is 0 Å². The minimum absolute atomic E-state index is 0.184. The number of ether oxygens (including phenoxy) is 1. The van der Waals surface area contributed by atoms with E-state index >= 15 is 0 Å². The topological polar surface area (TPSA) is 32.7 Å². The van der Waals surface area contributed by atoms with E-state index in [1.54, 1.807) is 7.11 Å². The lowest BCUT2D eigenvalue weighted by Crippen LogP contribution is -2.59. The number of piperidine rings is 1. The second kappa shape index (κ2) is 5.29. The fraction of sp³-hybridized carbons (Fsp3) is 0.667. The second-order valence-corrected chi connectivity index (χ2v) is 7.11. The monoisotopic (exact) mass is 289 g/mol. The lowest BCUT2D eigenvalue weighted by Gasteiger charge is -2.55. The summed E-state index contributed by atoms with van der Waals surface area (Å²) in [5.74, 6) is 1.00. The summed E-state index contributed by atoms with van der Waals surface area (Å²) in [6, 6.07) is 6.52. The maximum Gasteiger partial charge on any atom is 0.115 e. The molecule has 0 amide bonds. The lowest BCUT2D eigenvalue weighted by molar-refractivity contribution is -0.00624. The van der Waals surface area contributed by atoms with E-state index in [2.05, 4.69) is 31.7 Å². The van der Waals surface area contributed by atoms with Crippen molar-refractivity contribution >= 4 is 0 Å². The van der Waals surface area contributed by atoms with Crippen molar-refractivity contribution in [1.29, 1.82) is 0 Å². The first-order valence-electron chi connectivity index (χ1n) is 8.05. The van der Waals surface area contributed by atoms with Gasteiger partial charge in [-0.05, 0) is 60.9 Å². The Balaban J connectivity index is 1.94. The molecular weight excluding hydrogens is 262 g/mol. The van der Waals surface area contributed by atoms with Gasteiger partial charge in [-0.15, -0.1) is 0 Å². The van der Waals surface area contributed by atoms with Crippen LogP contribution in [0.4, 0.5) is 0 Å². The minimum atomic E-state index is 0.184. The van der Waals surface area contributed by atoms with Crippen LogP contribution in [0.15, 0.2) is 18.2 Å². The molecular formula is C18H27NO2. The van der Waals surface area contributed by atoms with E-state index in [4.69, 9.17) is 4.74 Å². The highest BCUT2D eigenvalue weighted by atomic mass is 16.5. The van der Waals surface area contributed by atoms with E-state index in [1.807, 2.05) is 12.1 Å². The molecule has 0 spiro atoms. The Morgan fingerprint density at radius 3 is 2.95 bits per heavy atom. The van der Waals surface area contributed by atoms with Gasteiger partial charge in [0.15, 0.2) is 0 Å². The van der Waals surface area contributed by atoms with Gasteiger partial charge in [0.05, 0.1) is 6.10 Å². The fourth-order valence-corrected chi connectivity index (χ4v) is 4.33. The molecule has 2 bridgehead atoms. The molecule has 1 N–H and O–H groups in total. The zero-order chi connectivity index (χ0) is 15.2. The van der Waals surface area contributed by atoms with E-state index < -0.39 is 0 Å². The third-order valence-electron chi connectivity index (χ3n) is 6.00. The van der Waals surface area contributed by atoms with E-state index in [0.717, 1.165) is 25.9 Å². The molecule has 1 aromatic rings. The van der Waals surface area contributed by atoms with Crippen molar-refractivity contribution < 1.29 is 9.84 Å². The minimum Gasteiger partial charge on any atom is -0.508 e. The van der Waals surface area contributed by atoms with E-state index in [-0.39, 0.29) is 11.5 Å². The first-order valence-corrected chi connectivity index (χ1v) is 8.05. The summed E-state index contributed by atoms with van der Waals surface area (Å²) in [7, 11) is 1.79. The predicted molar refractivity (Wildman–Crippen MR) is 84.8 cm³/mol. The Morgan fingerprint density at radius 2 is 2.24 bits per heavy atom. The Kier molecular flexibility index (Phi) is 3.74. The first-order chi connectivity index (χ1) is 9.95. The van der Waals surface area contributed by atoms with E-state index in [1.165, 1.54) is 11.1 Å². The largest absolute Gasteiger partial charge is 0.508 e. The molecule has 1 heterocycles. The van der Waals surface area contributed by atoms with Crippen LogP contribution in [0.25, 0.3) is 0 Å². The van der Waals surface area contributed by atoms with Crippen molar-refractivity contribution in [2.75, 3.05) is 20.2 Å². The number of fused-ring (bicyclic) bond motifs is 4.